The van der Waals surface area contributed by atoms with Crippen molar-refractivity contribution < 1.29 is 9.47 Å². The zero-order valence-electron chi connectivity index (χ0n) is 13.0. The molecule has 2 aliphatic rings. The Labute approximate surface area is 127 Å². The predicted molar refractivity (Wildman–Crippen MR) is 82.0 cm³/mol. The van der Waals surface area contributed by atoms with Crippen LogP contribution in [0.5, 0.6) is 0 Å². The second-order valence-electron chi connectivity index (χ2n) is 6.47. The molecule has 116 valence electrons. The van der Waals surface area contributed by atoms with Crippen LogP contribution in [0.25, 0.3) is 0 Å². The van der Waals surface area contributed by atoms with E-state index in [-0.39, 0.29) is 0 Å². The van der Waals surface area contributed by atoms with Crippen molar-refractivity contribution >= 4 is 0 Å². The number of hydrogen-bond donors (Lipinski definition) is 0. The Hall–Kier alpha value is -0.970. The number of ether oxygens (including phenoxy) is 2. The Morgan fingerprint density at radius 3 is 2.76 bits per heavy atom. The molecule has 1 spiro atoms. The lowest BCUT2D eigenvalue weighted by Gasteiger charge is -2.49. The van der Waals surface area contributed by atoms with E-state index in [4.69, 9.17) is 9.47 Å². The largest absolute Gasteiger partial charge is 0.384 e. The third-order valence-electron chi connectivity index (χ3n) is 5.30. The van der Waals surface area contributed by atoms with Gasteiger partial charge in [-0.15, -0.1) is 0 Å². The first-order chi connectivity index (χ1) is 10.3. The summed E-state index contributed by atoms with van der Waals surface area (Å²) in [4.78, 5) is 6.66. The maximum absolute atomic E-state index is 5.68. The molecule has 4 nitrogen and oxygen atoms in total. The molecule has 21 heavy (non-hydrogen) atoms. The van der Waals surface area contributed by atoms with E-state index >= 15 is 0 Å². The van der Waals surface area contributed by atoms with Crippen molar-refractivity contribution in [2.75, 3.05) is 40.0 Å². The lowest BCUT2D eigenvalue weighted by molar-refractivity contribution is -0.0951. The Kier molecular flexibility index (Phi) is 4.88. The van der Waals surface area contributed by atoms with Crippen LogP contribution < -0.4 is 0 Å². The number of hydrogen-bond acceptors (Lipinski definition) is 4. The molecule has 1 aromatic rings. The summed E-state index contributed by atoms with van der Waals surface area (Å²) < 4.78 is 11.1. The van der Waals surface area contributed by atoms with E-state index in [2.05, 4.69) is 22.0 Å². The van der Waals surface area contributed by atoms with Crippen LogP contribution in [0, 0.1) is 11.3 Å². The predicted octanol–water partition coefficient (Wildman–Crippen LogP) is 2.35. The number of likely N-dealkylation sites (tertiary alicyclic amines) is 1. The van der Waals surface area contributed by atoms with Gasteiger partial charge in [-0.25, -0.2) is 0 Å². The van der Waals surface area contributed by atoms with E-state index in [1.165, 1.54) is 37.9 Å². The van der Waals surface area contributed by atoms with Gasteiger partial charge in [-0.1, -0.05) is 0 Å². The molecule has 0 amide bonds. The number of rotatable bonds is 4. The smallest absolute Gasteiger partial charge is 0.0521 e. The minimum Gasteiger partial charge on any atom is -0.384 e. The third kappa shape index (κ3) is 3.44. The monoisotopic (exact) mass is 290 g/mol. The topological polar surface area (TPSA) is 34.6 Å². The molecule has 0 aliphatic carbocycles. The summed E-state index contributed by atoms with van der Waals surface area (Å²) in [6.07, 6.45) is 7.51. The number of pyridine rings is 1. The molecule has 0 saturated carbocycles. The highest BCUT2D eigenvalue weighted by Crippen LogP contribution is 2.44. The molecular weight excluding hydrogens is 264 g/mol. The molecule has 1 aromatic heterocycles. The second-order valence-corrected chi connectivity index (χ2v) is 6.47. The summed E-state index contributed by atoms with van der Waals surface area (Å²) in [7, 11) is 1.81. The molecule has 2 saturated heterocycles. The zero-order chi connectivity index (χ0) is 14.5. The molecular formula is C17H26N2O2. The Morgan fingerprint density at radius 2 is 2.05 bits per heavy atom. The van der Waals surface area contributed by atoms with Gasteiger partial charge in [-0.3, -0.25) is 9.88 Å². The van der Waals surface area contributed by atoms with Gasteiger partial charge in [0.15, 0.2) is 0 Å². The molecule has 1 atom stereocenters. The van der Waals surface area contributed by atoms with Gasteiger partial charge in [0.2, 0.25) is 0 Å². The number of aromatic nitrogens is 1. The first kappa shape index (κ1) is 14.9. The fraction of sp³-hybridized carbons (Fsp3) is 0.706. The highest BCUT2D eigenvalue weighted by Gasteiger charge is 2.43. The summed E-state index contributed by atoms with van der Waals surface area (Å²) in [5.74, 6) is 0.569. The molecule has 0 N–H and O–H groups in total. The van der Waals surface area contributed by atoms with Gasteiger partial charge in [0.1, 0.15) is 0 Å². The number of methoxy groups -OCH3 is 1. The second kappa shape index (κ2) is 6.86. The van der Waals surface area contributed by atoms with Crippen LogP contribution in [0.3, 0.4) is 0 Å². The lowest BCUT2D eigenvalue weighted by Crippen LogP contribution is -2.49. The molecule has 0 aromatic carbocycles. The van der Waals surface area contributed by atoms with Crippen LogP contribution in [-0.4, -0.2) is 49.9 Å². The van der Waals surface area contributed by atoms with Gasteiger partial charge < -0.3 is 9.47 Å². The van der Waals surface area contributed by atoms with Crippen molar-refractivity contribution in [3.05, 3.63) is 30.1 Å². The van der Waals surface area contributed by atoms with E-state index < -0.39 is 0 Å². The van der Waals surface area contributed by atoms with Crippen molar-refractivity contribution in [1.82, 2.24) is 9.88 Å². The molecule has 4 heteroatoms. The van der Waals surface area contributed by atoms with Gasteiger partial charge in [0, 0.05) is 38.6 Å². The fourth-order valence-corrected chi connectivity index (χ4v) is 3.87. The molecule has 0 radical (unpaired) electrons. The minimum absolute atomic E-state index is 0.447. The van der Waals surface area contributed by atoms with E-state index in [9.17, 15) is 0 Å². The van der Waals surface area contributed by atoms with Crippen LogP contribution >= 0.6 is 0 Å². The average Bonchev–Trinajstić information content (AvgIpc) is 2.53. The van der Waals surface area contributed by atoms with Crippen molar-refractivity contribution in [1.29, 1.82) is 0 Å². The molecule has 2 aliphatic heterocycles. The fourth-order valence-electron chi connectivity index (χ4n) is 3.87. The van der Waals surface area contributed by atoms with E-state index in [1.807, 2.05) is 12.4 Å². The van der Waals surface area contributed by atoms with Crippen molar-refractivity contribution in [2.24, 2.45) is 11.3 Å². The van der Waals surface area contributed by atoms with E-state index in [0.717, 1.165) is 26.4 Å². The molecule has 0 unspecified atom stereocenters. The summed E-state index contributed by atoms with van der Waals surface area (Å²) in [5.41, 5.74) is 1.81. The van der Waals surface area contributed by atoms with Crippen molar-refractivity contribution in [3.8, 4) is 0 Å². The van der Waals surface area contributed by atoms with E-state index in [0.29, 0.717) is 11.3 Å². The van der Waals surface area contributed by atoms with Gasteiger partial charge in [0.05, 0.1) is 13.2 Å². The first-order valence-corrected chi connectivity index (χ1v) is 8.00. The molecule has 0 bridgehead atoms. The zero-order valence-corrected chi connectivity index (χ0v) is 13.0. The number of nitrogens with zero attached hydrogens (tertiary/aromatic N) is 2. The SMILES string of the molecule is COC[C@H]1COCCC12CCN(Cc1ccncc1)CC2. The first-order valence-electron chi connectivity index (χ1n) is 8.00. The van der Waals surface area contributed by atoms with Crippen LogP contribution in [-0.2, 0) is 16.0 Å². The van der Waals surface area contributed by atoms with Crippen molar-refractivity contribution in [2.45, 2.75) is 25.8 Å². The Morgan fingerprint density at radius 1 is 1.29 bits per heavy atom. The van der Waals surface area contributed by atoms with Gasteiger partial charge in [-0.2, -0.15) is 0 Å². The van der Waals surface area contributed by atoms with Crippen LogP contribution in [0.1, 0.15) is 24.8 Å². The lowest BCUT2D eigenvalue weighted by atomic mass is 9.66. The summed E-state index contributed by atoms with van der Waals surface area (Å²) >= 11 is 0. The van der Waals surface area contributed by atoms with Crippen molar-refractivity contribution in [3.63, 3.8) is 0 Å². The van der Waals surface area contributed by atoms with Crippen LogP contribution in [0.2, 0.25) is 0 Å². The highest BCUT2D eigenvalue weighted by molar-refractivity contribution is 5.09. The quantitative estimate of drug-likeness (QED) is 0.852. The maximum Gasteiger partial charge on any atom is 0.0521 e. The molecule has 2 fully saturated rings. The maximum atomic E-state index is 5.68. The highest BCUT2D eigenvalue weighted by atomic mass is 16.5. The standard InChI is InChI=1S/C17H26N2O2/c1-20-13-16-14-21-11-6-17(16)4-9-19(10-5-17)12-15-2-7-18-8-3-15/h2-3,7-8,16H,4-6,9-14H2,1H3/t16-/m0/s1. The van der Waals surface area contributed by atoms with Gasteiger partial charge >= 0.3 is 0 Å². The normalized spacial score (nSPS) is 26.0. The molecule has 3 rings (SSSR count). The van der Waals surface area contributed by atoms with Crippen LogP contribution in [0.15, 0.2) is 24.5 Å². The average molecular weight is 290 g/mol. The summed E-state index contributed by atoms with van der Waals surface area (Å²) in [5, 5.41) is 0. The van der Waals surface area contributed by atoms with Crippen LogP contribution in [0.4, 0.5) is 0 Å². The van der Waals surface area contributed by atoms with Gasteiger partial charge in [0.25, 0.3) is 0 Å². The van der Waals surface area contributed by atoms with Gasteiger partial charge in [-0.05, 0) is 55.5 Å². The summed E-state index contributed by atoms with van der Waals surface area (Å²) in [6.45, 7) is 6.04. The summed E-state index contributed by atoms with van der Waals surface area (Å²) in [6, 6.07) is 4.24. The van der Waals surface area contributed by atoms with E-state index in [1.54, 1.807) is 7.11 Å². The third-order valence-corrected chi connectivity index (χ3v) is 5.30. The molecule has 3 heterocycles. The minimum atomic E-state index is 0.447. The Bertz CT molecular complexity index is 428. The Balaban J connectivity index is 1.58. The number of piperidine rings is 1.